The Hall–Kier alpha value is -2.21. The fraction of sp³-hybridized carbons (Fsp3) is 0.421. The van der Waals surface area contributed by atoms with E-state index in [1.807, 2.05) is 12.1 Å². The lowest BCUT2D eigenvalue weighted by atomic mass is 9.86. The smallest absolute Gasteiger partial charge is 0.284 e. The summed E-state index contributed by atoms with van der Waals surface area (Å²) in [7, 11) is 0. The van der Waals surface area contributed by atoms with E-state index < -0.39 is 0 Å². The van der Waals surface area contributed by atoms with Gasteiger partial charge in [-0.25, -0.2) is 4.98 Å². The Morgan fingerprint density at radius 3 is 2.60 bits per heavy atom. The van der Waals surface area contributed by atoms with E-state index in [-0.39, 0.29) is 11.8 Å². The van der Waals surface area contributed by atoms with E-state index in [0.29, 0.717) is 28.7 Å². The molecule has 1 aromatic carbocycles. The summed E-state index contributed by atoms with van der Waals surface area (Å²) in [6.07, 6.45) is 9.56. The van der Waals surface area contributed by atoms with E-state index in [9.17, 15) is 9.59 Å². The Labute approximate surface area is 151 Å². The van der Waals surface area contributed by atoms with Crippen molar-refractivity contribution in [2.75, 3.05) is 10.6 Å². The van der Waals surface area contributed by atoms with Gasteiger partial charge in [-0.3, -0.25) is 9.59 Å². The maximum atomic E-state index is 12.2. The van der Waals surface area contributed by atoms with Crippen LogP contribution in [0.5, 0.6) is 0 Å². The topological polar surface area (TPSA) is 71.1 Å². The lowest BCUT2D eigenvalue weighted by Crippen LogP contribution is -2.15. The van der Waals surface area contributed by atoms with Crippen molar-refractivity contribution >= 4 is 34.5 Å². The second-order valence-electron chi connectivity index (χ2n) is 6.46. The van der Waals surface area contributed by atoms with E-state index in [2.05, 4.69) is 15.6 Å². The number of carbonyl (C=O) groups is 2. The highest BCUT2D eigenvalue weighted by Crippen LogP contribution is 2.27. The summed E-state index contributed by atoms with van der Waals surface area (Å²) in [5, 5.41) is 7.91. The number of aromatic nitrogens is 1. The van der Waals surface area contributed by atoms with Gasteiger partial charge in [-0.1, -0.05) is 38.2 Å². The minimum atomic E-state index is -0.240. The predicted octanol–water partition coefficient (Wildman–Crippen LogP) is 4.69. The molecule has 6 heteroatoms. The molecule has 0 atom stereocenters. The highest BCUT2D eigenvalue weighted by molar-refractivity contribution is 7.11. The summed E-state index contributed by atoms with van der Waals surface area (Å²) in [6, 6.07) is 7.21. The Kier molecular flexibility index (Phi) is 6.17. The van der Waals surface area contributed by atoms with Crippen molar-refractivity contribution in [3.63, 3.8) is 0 Å². The van der Waals surface area contributed by atoms with E-state index in [4.69, 9.17) is 0 Å². The summed E-state index contributed by atoms with van der Waals surface area (Å²) in [5.41, 5.74) is 1.34. The summed E-state index contributed by atoms with van der Waals surface area (Å²) >= 11 is 1.29. The lowest BCUT2D eigenvalue weighted by Gasteiger charge is -2.21. The second-order valence-corrected chi connectivity index (χ2v) is 7.36. The zero-order chi connectivity index (χ0) is 17.5. The number of nitrogens with zero attached hydrogens (tertiary/aromatic N) is 1. The molecule has 1 saturated carbocycles. The van der Waals surface area contributed by atoms with Gasteiger partial charge in [0.1, 0.15) is 0 Å². The molecule has 3 rings (SSSR count). The molecule has 1 aliphatic carbocycles. The number of benzene rings is 1. The molecule has 1 heterocycles. The van der Waals surface area contributed by atoms with Gasteiger partial charge in [0.25, 0.3) is 5.91 Å². The number of amides is 2. The van der Waals surface area contributed by atoms with Crippen molar-refractivity contribution in [1.29, 1.82) is 0 Å². The summed E-state index contributed by atoms with van der Waals surface area (Å²) in [6.45, 7) is 0. The van der Waals surface area contributed by atoms with Crippen LogP contribution in [-0.2, 0) is 4.79 Å². The largest absolute Gasteiger partial charge is 0.326 e. The van der Waals surface area contributed by atoms with Crippen molar-refractivity contribution in [1.82, 2.24) is 4.98 Å². The van der Waals surface area contributed by atoms with Crippen LogP contribution in [0.25, 0.3) is 0 Å². The molecule has 2 amide bonds. The number of anilines is 2. The molecule has 2 N–H and O–H groups in total. The number of carbonyl (C=O) groups excluding carboxylic acids is 2. The third-order valence-electron chi connectivity index (χ3n) is 4.54. The van der Waals surface area contributed by atoms with E-state index in [0.717, 1.165) is 6.42 Å². The van der Waals surface area contributed by atoms with Crippen LogP contribution in [0, 0.1) is 5.92 Å². The minimum Gasteiger partial charge on any atom is -0.326 e. The average Bonchev–Trinajstić information content (AvgIpc) is 3.16. The third kappa shape index (κ3) is 5.39. The highest BCUT2D eigenvalue weighted by atomic mass is 32.1. The minimum absolute atomic E-state index is 0.0361. The zero-order valence-electron chi connectivity index (χ0n) is 14.2. The number of rotatable bonds is 6. The maximum absolute atomic E-state index is 12.2. The first-order chi connectivity index (χ1) is 12.2. The molecule has 1 fully saturated rings. The fourth-order valence-electron chi connectivity index (χ4n) is 3.23. The van der Waals surface area contributed by atoms with Crippen molar-refractivity contribution < 1.29 is 9.59 Å². The lowest BCUT2D eigenvalue weighted by molar-refractivity contribution is -0.116. The van der Waals surface area contributed by atoms with Crippen LogP contribution in [0.15, 0.2) is 35.8 Å². The number of hydrogen-bond donors (Lipinski definition) is 2. The summed E-state index contributed by atoms with van der Waals surface area (Å²) in [5.74, 6) is 0.494. The quantitative estimate of drug-likeness (QED) is 0.787. The molecule has 0 spiro atoms. The molecule has 5 nitrogen and oxygen atoms in total. The van der Waals surface area contributed by atoms with E-state index in [1.54, 1.807) is 23.7 Å². The molecular weight excluding hydrogens is 334 g/mol. The predicted molar refractivity (Wildman–Crippen MR) is 101 cm³/mol. The molecule has 132 valence electrons. The normalized spacial score (nSPS) is 14.9. The fourth-order valence-corrected chi connectivity index (χ4v) is 3.76. The first-order valence-electron chi connectivity index (χ1n) is 8.81. The number of nitrogens with one attached hydrogen (secondary N) is 2. The van der Waals surface area contributed by atoms with E-state index in [1.165, 1.54) is 43.4 Å². The number of hydrogen-bond acceptors (Lipinski definition) is 4. The molecule has 0 bridgehead atoms. The molecule has 0 aliphatic heterocycles. The van der Waals surface area contributed by atoms with Crippen LogP contribution in [0.2, 0.25) is 0 Å². The van der Waals surface area contributed by atoms with Crippen molar-refractivity contribution in [2.45, 2.75) is 44.9 Å². The van der Waals surface area contributed by atoms with Crippen molar-refractivity contribution in [3.05, 3.63) is 40.8 Å². The van der Waals surface area contributed by atoms with Gasteiger partial charge in [-0.2, -0.15) is 0 Å². The molecule has 1 aromatic heterocycles. The Bertz CT molecular complexity index is 709. The van der Waals surface area contributed by atoms with Gasteiger partial charge in [0, 0.05) is 29.4 Å². The van der Waals surface area contributed by atoms with Gasteiger partial charge in [0.15, 0.2) is 5.01 Å². The van der Waals surface area contributed by atoms with Crippen LogP contribution in [-0.4, -0.2) is 16.8 Å². The molecular formula is C19H23N3O2S. The van der Waals surface area contributed by atoms with Crippen LogP contribution >= 0.6 is 11.3 Å². The monoisotopic (exact) mass is 357 g/mol. The molecule has 0 saturated heterocycles. The molecule has 0 radical (unpaired) electrons. The number of thiazole rings is 1. The summed E-state index contributed by atoms with van der Waals surface area (Å²) < 4.78 is 0. The highest BCUT2D eigenvalue weighted by Gasteiger charge is 2.15. The maximum Gasteiger partial charge on any atom is 0.284 e. The first kappa shape index (κ1) is 17.6. The van der Waals surface area contributed by atoms with Crippen LogP contribution < -0.4 is 10.6 Å². The Morgan fingerprint density at radius 2 is 1.88 bits per heavy atom. The molecule has 2 aromatic rings. The molecule has 0 unspecified atom stereocenters. The first-order valence-corrected chi connectivity index (χ1v) is 9.69. The standard InChI is InChI=1S/C19H23N3O2S/c23-17(10-9-14-5-2-1-3-6-14)21-15-7-4-8-16(13-15)22-18(24)19-20-11-12-25-19/h4,7-8,11-14H,1-3,5-6,9-10H2,(H,21,23)(H,22,24). The molecule has 25 heavy (non-hydrogen) atoms. The summed E-state index contributed by atoms with van der Waals surface area (Å²) in [4.78, 5) is 28.2. The van der Waals surface area contributed by atoms with Crippen LogP contribution in [0.1, 0.15) is 54.7 Å². The molecule has 1 aliphatic rings. The van der Waals surface area contributed by atoms with Gasteiger partial charge in [-0.15, -0.1) is 11.3 Å². The van der Waals surface area contributed by atoms with Crippen molar-refractivity contribution in [3.8, 4) is 0 Å². The Balaban J connectivity index is 1.50. The third-order valence-corrected chi connectivity index (χ3v) is 5.31. The van der Waals surface area contributed by atoms with Crippen LogP contribution in [0.3, 0.4) is 0 Å². The zero-order valence-corrected chi connectivity index (χ0v) is 15.0. The van der Waals surface area contributed by atoms with Gasteiger partial charge < -0.3 is 10.6 Å². The van der Waals surface area contributed by atoms with Crippen LogP contribution in [0.4, 0.5) is 11.4 Å². The van der Waals surface area contributed by atoms with E-state index >= 15 is 0 Å². The Morgan fingerprint density at radius 1 is 1.12 bits per heavy atom. The SMILES string of the molecule is O=C(CCC1CCCCC1)Nc1cccc(NC(=O)c2nccs2)c1. The van der Waals surface area contributed by atoms with Gasteiger partial charge >= 0.3 is 0 Å². The van der Waals surface area contributed by atoms with Gasteiger partial charge in [0.2, 0.25) is 5.91 Å². The van der Waals surface area contributed by atoms with Crippen molar-refractivity contribution in [2.24, 2.45) is 5.92 Å². The second kappa shape index (κ2) is 8.76. The van der Waals surface area contributed by atoms with Gasteiger partial charge in [-0.05, 0) is 30.5 Å². The van der Waals surface area contributed by atoms with Gasteiger partial charge in [0.05, 0.1) is 0 Å². The average molecular weight is 357 g/mol.